The predicted octanol–water partition coefficient (Wildman–Crippen LogP) is 3.25. The minimum absolute atomic E-state index is 0.0465. The molecule has 2 N–H and O–H groups in total. The van der Waals surface area contributed by atoms with Gasteiger partial charge in [0.05, 0.1) is 12.1 Å². The Labute approximate surface area is 176 Å². The van der Waals surface area contributed by atoms with Crippen LogP contribution in [0.4, 0.5) is 10.5 Å². The average Bonchev–Trinajstić information content (AvgIpc) is 3.39. The second-order valence-electron chi connectivity index (χ2n) is 6.90. The van der Waals surface area contributed by atoms with E-state index in [0.717, 1.165) is 35.9 Å². The quantitative estimate of drug-likeness (QED) is 0.616. The Balaban J connectivity index is 1.34. The topological polar surface area (TPSA) is 92.1 Å². The fourth-order valence-corrected chi connectivity index (χ4v) is 3.62. The van der Waals surface area contributed by atoms with Gasteiger partial charge < -0.3 is 15.5 Å². The van der Waals surface area contributed by atoms with E-state index in [1.165, 1.54) is 0 Å². The first-order valence-corrected chi connectivity index (χ1v) is 10.3. The first kappa shape index (κ1) is 19.4. The minimum Gasteiger partial charge on any atom is -0.339 e. The monoisotopic (exact) mass is 456 g/mol. The van der Waals surface area contributed by atoms with Crippen molar-refractivity contribution >= 4 is 44.6 Å². The first-order chi connectivity index (χ1) is 14.1. The van der Waals surface area contributed by atoms with Crippen LogP contribution in [0, 0.1) is 0 Å². The van der Waals surface area contributed by atoms with Gasteiger partial charge in [-0.3, -0.25) is 4.79 Å². The van der Waals surface area contributed by atoms with E-state index in [1.54, 1.807) is 10.7 Å². The Morgan fingerprint density at radius 2 is 1.83 bits per heavy atom. The van der Waals surface area contributed by atoms with E-state index < -0.39 is 0 Å². The number of urea groups is 1. The number of hydrogen-bond donors (Lipinski definition) is 2. The Bertz CT molecular complexity index is 1030. The summed E-state index contributed by atoms with van der Waals surface area (Å²) in [5.74, 6) is 0.0465. The molecule has 29 heavy (non-hydrogen) atoms. The average molecular weight is 457 g/mol. The predicted molar refractivity (Wildman–Crippen MR) is 114 cm³/mol. The van der Waals surface area contributed by atoms with E-state index in [4.69, 9.17) is 0 Å². The molecule has 8 nitrogen and oxygen atoms in total. The van der Waals surface area contributed by atoms with E-state index in [0.29, 0.717) is 29.9 Å². The second kappa shape index (κ2) is 8.60. The number of halogens is 1. The summed E-state index contributed by atoms with van der Waals surface area (Å²) in [4.78, 5) is 26.4. The largest absolute Gasteiger partial charge is 0.339 e. The van der Waals surface area contributed by atoms with Gasteiger partial charge in [-0.15, -0.1) is 5.10 Å². The van der Waals surface area contributed by atoms with E-state index >= 15 is 0 Å². The summed E-state index contributed by atoms with van der Waals surface area (Å²) in [6, 6.07) is 12.5. The van der Waals surface area contributed by atoms with Crippen LogP contribution < -0.4 is 10.6 Å². The summed E-state index contributed by atoms with van der Waals surface area (Å²) in [7, 11) is 0. The summed E-state index contributed by atoms with van der Waals surface area (Å²) >= 11 is 3.36. The van der Waals surface area contributed by atoms with Crippen molar-refractivity contribution in [3.8, 4) is 0 Å². The molecule has 0 saturated carbocycles. The standard InChI is InChI=1S/C20H21BrN6O2/c21-15-4-6-16(7-5-15)23-20(29)22-9-12-27-18-8-3-14(13-17(18)24-25-27)19(28)26-10-1-2-11-26/h3-8,13H,1-2,9-12H2,(H2,22,23,29). The Hall–Kier alpha value is -2.94. The summed E-state index contributed by atoms with van der Waals surface area (Å²) < 4.78 is 2.67. The van der Waals surface area contributed by atoms with Crippen LogP contribution in [0.5, 0.6) is 0 Å². The molecule has 1 aromatic heterocycles. The van der Waals surface area contributed by atoms with Crippen molar-refractivity contribution in [3.05, 3.63) is 52.5 Å². The molecule has 0 spiro atoms. The highest BCUT2D eigenvalue weighted by Crippen LogP contribution is 2.18. The van der Waals surface area contributed by atoms with Gasteiger partial charge in [0.2, 0.25) is 0 Å². The molecule has 3 aromatic rings. The van der Waals surface area contributed by atoms with Crippen LogP contribution in [-0.2, 0) is 6.54 Å². The third-order valence-corrected chi connectivity index (χ3v) is 5.39. The first-order valence-electron chi connectivity index (χ1n) is 9.53. The zero-order valence-corrected chi connectivity index (χ0v) is 17.4. The third-order valence-electron chi connectivity index (χ3n) is 4.87. The fourth-order valence-electron chi connectivity index (χ4n) is 3.36. The van der Waals surface area contributed by atoms with Crippen molar-refractivity contribution < 1.29 is 9.59 Å². The van der Waals surface area contributed by atoms with E-state index in [2.05, 4.69) is 36.9 Å². The number of aromatic nitrogens is 3. The summed E-state index contributed by atoms with van der Waals surface area (Å²) in [6.07, 6.45) is 2.12. The molecular formula is C20H21BrN6O2. The molecule has 1 fully saturated rings. The van der Waals surface area contributed by atoms with Gasteiger partial charge >= 0.3 is 6.03 Å². The van der Waals surface area contributed by atoms with Crippen molar-refractivity contribution in [1.82, 2.24) is 25.2 Å². The lowest BCUT2D eigenvalue weighted by atomic mass is 10.1. The number of rotatable bonds is 5. The molecule has 1 aliphatic rings. The van der Waals surface area contributed by atoms with Crippen molar-refractivity contribution in [2.24, 2.45) is 0 Å². The number of hydrogen-bond acceptors (Lipinski definition) is 4. The van der Waals surface area contributed by atoms with Gasteiger partial charge in [-0.25, -0.2) is 9.48 Å². The van der Waals surface area contributed by atoms with Gasteiger partial charge in [0.15, 0.2) is 0 Å². The normalized spacial score (nSPS) is 13.6. The van der Waals surface area contributed by atoms with Gasteiger partial charge in [-0.2, -0.15) is 0 Å². The van der Waals surface area contributed by atoms with Gasteiger partial charge in [0.1, 0.15) is 5.52 Å². The molecule has 2 aromatic carbocycles. The van der Waals surface area contributed by atoms with Gasteiger partial charge in [-0.1, -0.05) is 21.1 Å². The summed E-state index contributed by atoms with van der Waals surface area (Å²) in [6.45, 7) is 2.51. The molecule has 2 heterocycles. The van der Waals surface area contributed by atoms with Crippen LogP contribution in [0.3, 0.4) is 0 Å². The highest BCUT2D eigenvalue weighted by atomic mass is 79.9. The SMILES string of the molecule is O=C(NCCn1nnc2cc(C(=O)N3CCCC3)ccc21)Nc1ccc(Br)cc1. The Morgan fingerprint density at radius 3 is 2.59 bits per heavy atom. The molecule has 1 saturated heterocycles. The number of likely N-dealkylation sites (tertiary alicyclic amines) is 1. The number of anilines is 1. The zero-order chi connectivity index (χ0) is 20.2. The fraction of sp³-hybridized carbons (Fsp3) is 0.300. The molecule has 0 bridgehead atoms. The number of amides is 3. The molecule has 0 aliphatic carbocycles. The van der Waals surface area contributed by atoms with Gasteiger partial charge in [0, 0.05) is 35.4 Å². The Kier molecular flexibility index (Phi) is 5.75. The molecule has 4 rings (SSSR count). The van der Waals surface area contributed by atoms with Crippen molar-refractivity contribution in [2.75, 3.05) is 25.0 Å². The van der Waals surface area contributed by atoms with Crippen LogP contribution >= 0.6 is 15.9 Å². The van der Waals surface area contributed by atoms with Crippen molar-refractivity contribution in [2.45, 2.75) is 19.4 Å². The molecule has 3 amide bonds. The van der Waals surface area contributed by atoms with Gasteiger partial charge in [-0.05, 0) is 55.3 Å². The molecule has 0 unspecified atom stereocenters. The highest BCUT2D eigenvalue weighted by Gasteiger charge is 2.20. The lowest BCUT2D eigenvalue weighted by Gasteiger charge is -2.14. The van der Waals surface area contributed by atoms with Crippen molar-refractivity contribution in [3.63, 3.8) is 0 Å². The molecule has 9 heteroatoms. The molecule has 0 radical (unpaired) electrons. The maximum Gasteiger partial charge on any atom is 0.319 e. The lowest BCUT2D eigenvalue weighted by molar-refractivity contribution is 0.0793. The van der Waals surface area contributed by atoms with Crippen LogP contribution in [0.25, 0.3) is 11.0 Å². The minimum atomic E-state index is -0.282. The molecule has 0 atom stereocenters. The van der Waals surface area contributed by atoms with Crippen LogP contribution in [0.1, 0.15) is 23.2 Å². The summed E-state index contributed by atoms with van der Waals surface area (Å²) in [5, 5.41) is 13.9. The highest BCUT2D eigenvalue weighted by molar-refractivity contribution is 9.10. The van der Waals surface area contributed by atoms with Crippen LogP contribution in [-0.4, -0.2) is 51.5 Å². The lowest BCUT2D eigenvalue weighted by Crippen LogP contribution is -2.31. The molecule has 150 valence electrons. The number of carbonyl (C=O) groups is 2. The molecule has 1 aliphatic heterocycles. The Morgan fingerprint density at radius 1 is 1.07 bits per heavy atom. The maximum absolute atomic E-state index is 12.5. The number of nitrogens with one attached hydrogen (secondary N) is 2. The molecular weight excluding hydrogens is 436 g/mol. The van der Waals surface area contributed by atoms with Crippen LogP contribution in [0.15, 0.2) is 46.9 Å². The van der Waals surface area contributed by atoms with E-state index in [-0.39, 0.29) is 11.9 Å². The maximum atomic E-state index is 12.5. The van der Waals surface area contributed by atoms with Crippen molar-refractivity contribution in [1.29, 1.82) is 0 Å². The van der Waals surface area contributed by atoms with Gasteiger partial charge in [0.25, 0.3) is 5.91 Å². The second-order valence-corrected chi connectivity index (χ2v) is 7.82. The summed E-state index contributed by atoms with van der Waals surface area (Å²) in [5.41, 5.74) is 2.86. The zero-order valence-electron chi connectivity index (χ0n) is 15.8. The van der Waals surface area contributed by atoms with E-state index in [1.807, 2.05) is 41.3 Å². The smallest absolute Gasteiger partial charge is 0.319 e. The number of benzene rings is 2. The third kappa shape index (κ3) is 4.56. The number of carbonyl (C=O) groups excluding carboxylic acids is 2. The van der Waals surface area contributed by atoms with Crippen LogP contribution in [0.2, 0.25) is 0 Å². The van der Waals surface area contributed by atoms with E-state index in [9.17, 15) is 9.59 Å². The number of fused-ring (bicyclic) bond motifs is 1. The number of nitrogens with zero attached hydrogens (tertiary/aromatic N) is 4.